The third kappa shape index (κ3) is 2.88. The molecule has 1 saturated heterocycles. The second-order valence-corrected chi connectivity index (χ2v) is 4.92. The van der Waals surface area contributed by atoms with E-state index in [0.717, 1.165) is 38.9 Å². The molecule has 0 saturated carbocycles. The standard InChI is InChI=1S/C10H18N2OS/c1-14-10(9-11)3-6-12(7-4-10)5-2-8-13/h13H,2-8H2,1H3. The lowest BCUT2D eigenvalue weighted by molar-refractivity contribution is 0.191. The molecule has 14 heavy (non-hydrogen) atoms. The maximum Gasteiger partial charge on any atom is 0.104 e. The van der Waals surface area contributed by atoms with Gasteiger partial charge in [-0.3, -0.25) is 0 Å². The normalized spacial score (nSPS) is 21.8. The average Bonchev–Trinajstić information content (AvgIpc) is 2.27. The Labute approximate surface area is 90.1 Å². The molecule has 0 unspecified atom stereocenters. The van der Waals surface area contributed by atoms with Crippen molar-refractivity contribution in [1.29, 1.82) is 5.26 Å². The van der Waals surface area contributed by atoms with Crippen LogP contribution in [0.4, 0.5) is 0 Å². The molecule has 1 rings (SSSR count). The molecule has 1 heterocycles. The fourth-order valence-corrected chi connectivity index (χ4v) is 2.48. The highest BCUT2D eigenvalue weighted by Crippen LogP contribution is 2.33. The zero-order valence-corrected chi connectivity index (χ0v) is 9.52. The van der Waals surface area contributed by atoms with Crippen LogP contribution in [0.3, 0.4) is 0 Å². The van der Waals surface area contributed by atoms with E-state index in [2.05, 4.69) is 11.0 Å². The highest BCUT2D eigenvalue weighted by molar-refractivity contribution is 8.00. The summed E-state index contributed by atoms with van der Waals surface area (Å²) in [4.78, 5) is 2.34. The van der Waals surface area contributed by atoms with Gasteiger partial charge in [-0.15, -0.1) is 11.8 Å². The summed E-state index contributed by atoms with van der Waals surface area (Å²) in [6.45, 7) is 3.22. The van der Waals surface area contributed by atoms with Gasteiger partial charge in [0.1, 0.15) is 4.75 Å². The summed E-state index contributed by atoms with van der Waals surface area (Å²) in [5, 5.41) is 17.8. The van der Waals surface area contributed by atoms with Gasteiger partial charge in [0.15, 0.2) is 0 Å². The van der Waals surface area contributed by atoms with E-state index in [9.17, 15) is 0 Å². The van der Waals surface area contributed by atoms with Crippen molar-refractivity contribution in [2.45, 2.75) is 24.0 Å². The predicted octanol–water partition coefficient (Wildman–Crippen LogP) is 1.09. The van der Waals surface area contributed by atoms with Crippen LogP contribution in [0.1, 0.15) is 19.3 Å². The number of nitrogens with zero attached hydrogens (tertiary/aromatic N) is 2. The first-order valence-corrected chi connectivity index (χ1v) is 6.28. The van der Waals surface area contributed by atoms with Crippen molar-refractivity contribution in [3.05, 3.63) is 0 Å². The van der Waals surface area contributed by atoms with Crippen molar-refractivity contribution in [2.75, 3.05) is 32.5 Å². The number of rotatable bonds is 4. The van der Waals surface area contributed by atoms with E-state index in [1.165, 1.54) is 0 Å². The zero-order chi connectivity index (χ0) is 10.4. The number of likely N-dealkylation sites (tertiary alicyclic amines) is 1. The van der Waals surface area contributed by atoms with Crippen LogP contribution in [-0.4, -0.2) is 47.3 Å². The van der Waals surface area contributed by atoms with Crippen LogP contribution in [0.2, 0.25) is 0 Å². The predicted molar refractivity (Wildman–Crippen MR) is 59.2 cm³/mol. The lowest BCUT2D eigenvalue weighted by atomic mass is 9.97. The molecule has 1 aliphatic rings. The van der Waals surface area contributed by atoms with E-state index in [-0.39, 0.29) is 11.4 Å². The molecule has 0 aliphatic carbocycles. The van der Waals surface area contributed by atoms with E-state index in [4.69, 9.17) is 10.4 Å². The molecule has 0 atom stereocenters. The van der Waals surface area contributed by atoms with Gasteiger partial charge in [-0.1, -0.05) is 0 Å². The van der Waals surface area contributed by atoms with Crippen molar-refractivity contribution in [2.24, 2.45) is 0 Å². The fourth-order valence-electron chi connectivity index (χ4n) is 1.79. The van der Waals surface area contributed by atoms with Crippen molar-refractivity contribution in [3.8, 4) is 6.07 Å². The molecule has 1 N–H and O–H groups in total. The van der Waals surface area contributed by atoms with Crippen molar-refractivity contribution in [1.82, 2.24) is 4.90 Å². The minimum Gasteiger partial charge on any atom is -0.396 e. The molecule has 4 heteroatoms. The van der Waals surface area contributed by atoms with Crippen LogP contribution < -0.4 is 0 Å². The van der Waals surface area contributed by atoms with Crippen LogP contribution in [0.25, 0.3) is 0 Å². The van der Waals surface area contributed by atoms with E-state index < -0.39 is 0 Å². The molecule has 0 aromatic rings. The molecular formula is C10H18N2OS. The van der Waals surface area contributed by atoms with Gasteiger partial charge >= 0.3 is 0 Å². The number of aliphatic hydroxyl groups excluding tert-OH is 1. The lowest BCUT2D eigenvalue weighted by Gasteiger charge is -2.36. The molecule has 0 aromatic heterocycles. The van der Waals surface area contributed by atoms with Gasteiger partial charge in [0.25, 0.3) is 0 Å². The molecule has 0 bridgehead atoms. The van der Waals surface area contributed by atoms with Gasteiger partial charge in [0, 0.05) is 26.2 Å². The van der Waals surface area contributed by atoms with E-state index in [1.54, 1.807) is 11.8 Å². The zero-order valence-electron chi connectivity index (χ0n) is 8.70. The maximum atomic E-state index is 9.07. The molecule has 1 fully saturated rings. The third-order valence-corrected chi connectivity index (χ3v) is 4.17. The third-order valence-electron chi connectivity index (χ3n) is 2.89. The summed E-state index contributed by atoms with van der Waals surface area (Å²) >= 11 is 1.68. The SMILES string of the molecule is CSC1(C#N)CCN(CCCO)CC1. The van der Waals surface area contributed by atoms with Crippen LogP contribution in [0, 0.1) is 11.3 Å². The van der Waals surface area contributed by atoms with Gasteiger partial charge in [0.2, 0.25) is 0 Å². The van der Waals surface area contributed by atoms with E-state index >= 15 is 0 Å². The molecule has 1 aliphatic heterocycles. The highest BCUT2D eigenvalue weighted by Gasteiger charge is 2.33. The van der Waals surface area contributed by atoms with E-state index in [1.807, 2.05) is 6.26 Å². The Bertz CT molecular complexity index is 207. The Balaban J connectivity index is 2.34. The first-order chi connectivity index (χ1) is 6.76. The topological polar surface area (TPSA) is 47.3 Å². The van der Waals surface area contributed by atoms with Crippen molar-refractivity contribution in [3.63, 3.8) is 0 Å². The molecule has 0 spiro atoms. The number of thioether (sulfide) groups is 1. The minimum atomic E-state index is -0.143. The Hall–Kier alpha value is -0.240. The summed E-state index contributed by atoms with van der Waals surface area (Å²) in [5.41, 5.74) is 0. The molecular weight excluding hydrogens is 196 g/mol. The maximum absolute atomic E-state index is 9.07. The molecule has 0 radical (unpaired) electrons. The second-order valence-electron chi connectivity index (χ2n) is 3.73. The summed E-state index contributed by atoms with van der Waals surface area (Å²) in [6, 6.07) is 2.43. The van der Waals surface area contributed by atoms with Crippen LogP contribution >= 0.6 is 11.8 Å². The lowest BCUT2D eigenvalue weighted by Crippen LogP contribution is -2.42. The Morgan fingerprint density at radius 3 is 2.57 bits per heavy atom. The molecule has 80 valence electrons. The first-order valence-electron chi connectivity index (χ1n) is 5.06. The summed E-state index contributed by atoms with van der Waals surface area (Å²) in [7, 11) is 0. The molecule has 0 amide bonds. The van der Waals surface area contributed by atoms with Crippen molar-refractivity contribution >= 4 is 11.8 Å². The summed E-state index contributed by atoms with van der Waals surface area (Å²) < 4.78 is -0.143. The summed E-state index contributed by atoms with van der Waals surface area (Å²) in [5.74, 6) is 0. The number of hydrogen-bond acceptors (Lipinski definition) is 4. The monoisotopic (exact) mass is 214 g/mol. The molecule has 3 nitrogen and oxygen atoms in total. The van der Waals surface area contributed by atoms with Gasteiger partial charge in [-0.2, -0.15) is 5.26 Å². The van der Waals surface area contributed by atoms with E-state index in [0.29, 0.717) is 0 Å². The van der Waals surface area contributed by atoms with Gasteiger partial charge < -0.3 is 10.0 Å². The Morgan fingerprint density at radius 1 is 1.50 bits per heavy atom. The minimum absolute atomic E-state index is 0.143. The van der Waals surface area contributed by atoms with Gasteiger partial charge in [-0.05, 0) is 25.5 Å². The average molecular weight is 214 g/mol. The smallest absolute Gasteiger partial charge is 0.104 e. The fraction of sp³-hybridized carbons (Fsp3) is 0.900. The summed E-state index contributed by atoms with van der Waals surface area (Å²) in [6.07, 6.45) is 4.78. The number of hydrogen-bond donors (Lipinski definition) is 1. The number of aliphatic hydroxyl groups is 1. The van der Waals surface area contributed by atoms with Gasteiger partial charge in [0.05, 0.1) is 6.07 Å². The number of nitriles is 1. The first kappa shape index (κ1) is 11.8. The van der Waals surface area contributed by atoms with Crippen LogP contribution in [-0.2, 0) is 0 Å². The van der Waals surface area contributed by atoms with Crippen LogP contribution in [0.5, 0.6) is 0 Å². The van der Waals surface area contributed by atoms with Crippen molar-refractivity contribution < 1.29 is 5.11 Å². The van der Waals surface area contributed by atoms with Crippen LogP contribution in [0.15, 0.2) is 0 Å². The Morgan fingerprint density at radius 2 is 2.14 bits per heavy atom. The largest absolute Gasteiger partial charge is 0.396 e. The molecule has 0 aromatic carbocycles. The number of piperidine rings is 1. The quantitative estimate of drug-likeness (QED) is 0.761. The Kier molecular flexibility index (Phi) is 4.73. The second kappa shape index (κ2) is 5.59. The van der Waals surface area contributed by atoms with Gasteiger partial charge in [-0.25, -0.2) is 0 Å². The highest BCUT2D eigenvalue weighted by atomic mass is 32.2.